The first-order chi connectivity index (χ1) is 15.4. The second kappa shape index (κ2) is 9.81. The van der Waals surface area contributed by atoms with Gasteiger partial charge in [0.15, 0.2) is 0 Å². The van der Waals surface area contributed by atoms with Gasteiger partial charge in [-0.2, -0.15) is 9.41 Å². The molecule has 1 amide bonds. The van der Waals surface area contributed by atoms with Crippen molar-refractivity contribution in [2.75, 3.05) is 44.3 Å². The molecule has 9 heteroatoms. The lowest BCUT2D eigenvalue weighted by atomic mass is 10.1. The smallest absolute Gasteiger partial charge is 0.271 e. The van der Waals surface area contributed by atoms with E-state index in [1.165, 1.54) is 16.4 Å². The lowest BCUT2D eigenvalue weighted by Gasteiger charge is -2.28. The quantitative estimate of drug-likeness (QED) is 0.533. The summed E-state index contributed by atoms with van der Waals surface area (Å²) in [5.41, 5.74) is 5.48. The van der Waals surface area contributed by atoms with Gasteiger partial charge in [-0.1, -0.05) is 18.2 Å². The van der Waals surface area contributed by atoms with Gasteiger partial charge in [-0.15, -0.1) is 0 Å². The molecule has 0 radical (unpaired) electrons. The van der Waals surface area contributed by atoms with Crippen LogP contribution in [0, 0.1) is 0 Å². The van der Waals surface area contributed by atoms with Crippen LogP contribution in [0.25, 0.3) is 0 Å². The Morgan fingerprint density at radius 3 is 2.34 bits per heavy atom. The average molecular weight is 457 g/mol. The molecule has 4 rings (SSSR count). The predicted molar refractivity (Wildman–Crippen MR) is 124 cm³/mol. The topological polar surface area (TPSA) is 91.3 Å². The van der Waals surface area contributed by atoms with Crippen LogP contribution in [0.5, 0.6) is 0 Å². The number of morpholine rings is 1. The van der Waals surface area contributed by atoms with Crippen molar-refractivity contribution in [3.63, 3.8) is 0 Å². The molecule has 2 aromatic carbocycles. The molecule has 0 aromatic heterocycles. The monoisotopic (exact) mass is 456 g/mol. The SMILES string of the molecule is CC(=NNC(=O)c1cccc(S(=O)(=O)N2CCCC2)c1)c1ccc(N2CCOCC2)cc1. The number of hydrogen-bond acceptors (Lipinski definition) is 6. The van der Waals surface area contributed by atoms with Crippen LogP contribution in [0.2, 0.25) is 0 Å². The van der Waals surface area contributed by atoms with Gasteiger partial charge in [0.25, 0.3) is 5.91 Å². The van der Waals surface area contributed by atoms with Crippen molar-refractivity contribution in [3.8, 4) is 0 Å². The highest BCUT2D eigenvalue weighted by molar-refractivity contribution is 7.89. The zero-order valence-electron chi connectivity index (χ0n) is 18.2. The number of rotatable bonds is 6. The number of carbonyl (C=O) groups excluding carboxylic acids is 1. The molecule has 0 atom stereocenters. The fourth-order valence-corrected chi connectivity index (χ4v) is 5.44. The molecule has 170 valence electrons. The van der Waals surface area contributed by atoms with E-state index in [0.29, 0.717) is 18.8 Å². The molecule has 2 aromatic rings. The molecule has 0 bridgehead atoms. The summed E-state index contributed by atoms with van der Waals surface area (Å²) >= 11 is 0. The Hall–Kier alpha value is -2.75. The number of amides is 1. The fourth-order valence-electron chi connectivity index (χ4n) is 3.87. The second-order valence-corrected chi connectivity index (χ2v) is 9.86. The molecule has 0 saturated carbocycles. The zero-order valence-corrected chi connectivity index (χ0v) is 19.0. The number of nitrogens with zero attached hydrogens (tertiary/aromatic N) is 3. The second-order valence-electron chi connectivity index (χ2n) is 7.92. The summed E-state index contributed by atoms with van der Waals surface area (Å²) < 4.78 is 32.4. The van der Waals surface area contributed by atoms with E-state index in [2.05, 4.69) is 15.4 Å². The summed E-state index contributed by atoms with van der Waals surface area (Å²) in [6.45, 7) is 6.06. The van der Waals surface area contributed by atoms with Gasteiger partial charge >= 0.3 is 0 Å². The highest BCUT2D eigenvalue weighted by Crippen LogP contribution is 2.22. The maximum Gasteiger partial charge on any atom is 0.271 e. The standard InChI is InChI=1S/C23H28N4O4S/c1-18(19-7-9-21(10-8-19)26-13-15-31-16-14-26)24-25-23(28)20-5-4-6-22(17-20)32(29,30)27-11-2-3-12-27/h4-10,17H,2-3,11-16H2,1H3,(H,25,28). The Morgan fingerprint density at radius 2 is 1.66 bits per heavy atom. The van der Waals surface area contributed by atoms with Gasteiger partial charge in [-0.3, -0.25) is 4.79 Å². The molecule has 0 aliphatic carbocycles. The minimum Gasteiger partial charge on any atom is -0.378 e. The summed E-state index contributed by atoms with van der Waals surface area (Å²) in [5.74, 6) is -0.451. The van der Waals surface area contributed by atoms with Crippen molar-refractivity contribution in [1.82, 2.24) is 9.73 Å². The Balaban J connectivity index is 1.42. The van der Waals surface area contributed by atoms with Gasteiger partial charge in [-0.25, -0.2) is 13.8 Å². The Kier molecular flexibility index (Phi) is 6.88. The van der Waals surface area contributed by atoms with E-state index < -0.39 is 15.9 Å². The lowest BCUT2D eigenvalue weighted by Crippen LogP contribution is -2.36. The van der Waals surface area contributed by atoms with Crippen molar-refractivity contribution in [3.05, 3.63) is 59.7 Å². The van der Waals surface area contributed by atoms with Gasteiger partial charge in [0, 0.05) is 37.4 Å². The van der Waals surface area contributed by atoms with Crippen LogP contribution >= 0.6 is 0 Å². The maximum absolute atomic E-state index is 12.8. The number of benzene rings is 2. The number of hydrogen-bond donors (Lipinski definition) is 1. The minimum absolute atomic E-state index is 0.131. The number of nitrogens with one attached hydrogen (secondary N) is 1. The summed E-state index contributed by atoms with van der Waals surface area (Å²) in [4.78, 5) is 15.0. The van der Waals surface area contributed by atoms with Crippen LogP contribution < -0.4 is 10.3 Å². The van der Waals surface area contributed by atoms with Crippen LogP contribution in [0.15, 0.2) is 58.5 Å². The van der Waals surface area contributed by atoms with Crippen molar-refractivity contribution >= 4 is 27.3 Å². The van der Waals surface area contributed by atoms with Gasteiger partial charge in [0.2, 0.25) is 10.0 Å². The van der Waals surface area contributed by atoms with Crippen LogP contribution in [-0.2, 0) is 14.8 Å². The molecule has 2 heterocycles. The number of anilines is 1. The third-order valence-corrected chi connectivity index (χ3v) is 7.68. The fraction of sp³-hybridized carbons (Fsp3) is 0.391. The summed E-state index contributed by atoms with van der Waals surface area (Å²) in [5, 5.41) is 4.21. The molecule has 2 aliphatic rings. The zero-order chi connectivity index (χ0) is 22.6. The van der Waals surface area contributed by atoms with Crippen LogP contribution in [0.1, 0.15) is 35.7 Å². The predicted octanol–water partition coefficient (Wildman–Crippen LogP) is 2.46. The first kappa shape index (κ1) is 22.4. The van der Waals surface area contributed by atoms with Crippen LogP contribution in [0.3, 0.4) is 0 Å². The van der Waals surface area contributed by atoms with Crippen molar-refractivity contribution in [2.45, 2.75) is 24.7 Å². The summed E-state index contributed by atoms with van der Waals surface area (Å²) in [6.07, 6.45) is 1.72. The highest BCUT2D eigenvalue weighted by atomic mass is 32.2. The van der Waals surface area contributed by atoms with Gasteiger partial charge in [-0.05, 0) is 55.7 Å². The lowest BCUT2D eigenvalue weighted by molar-refractivity contribution is 0.0954. The number of ether oxygens (including phenoxy) is 1. The first-order valence-electron chi connectivity index (χ1n) is 10.8. The molecule has 2 saturated heterocycles. The van der Waals surface area contributed by atoms with E-state index >= 15 is 0 Å². The van der Waals surface area contributed by atoms with Gasteiger partial charge in [0.05, 0.1) is 23.8 Å². The molecule has 2 aliphatic heterocycles. The van der Waals surface area contributed by atoms with E-state index in [4.69, 9.17) is 4.74 Å². The number of carbonyl (C=O) groups is 1. The van der Waals surface area contributed by atoms with E-state index in [1.54, 1.807) is 12.1 Å². The van der Waals surface area contributed by atoms with Crippen LogP contribution in [-0.4, -0.2) is 63.7 Å². The van der Waals surface area contributed by atoms with Crippen molar-refractivity contribution in [2.24, 2.45) is 5.10 Å². The van der Waals surface area contributed by atoms with E-state index in [0.717, 1.165) is 50.4 Å². The highest BCUT2D eigenvalue weighted by Gasteiger charge is 2.27. The largest absolute Gasteiger partial charge is 0.378 e. The van der Waals surface area contributed by atoms with E-state index in [1.807, 2.05) is 31.2 Å². The minimum atomic E-state index is -3.58. The summed E-state index contributed by atoms with van der Waals surface area (Å²) in [7, 11) is -3.58. The van der Waals surface area contributed by atoms with Crippen LogP contribution in [0.4, 0.5) is 5.69 Å². The third kappa shape index (κ3) is 5.01. The molecule has 32 heavy (non-hydrogen) atoms. The number of hydrazone groups is 1. The Bertz CT molecular complexity index is 1090. The molecular weight excluding hydrogens is 428 g/mol. The van der Waals surface area contributed by atoms with E-state index in [9.17, 15) is 13.2 Å². The Labute approximate surface area is 188 Å². The van der Waals surface area contributed by atoms with Gasteiger partial charge in [0.1, 0.15) is 0 Å². The normalized spacial score (nSPS) is 18.0. The molecular formula is C23H28N4O4S. The molecule has 0 spiro atoms. The van der Waals surface area contributed by atoms with E-state index in [-0.39, 0.29) is 10.5 Å². The first-order valence-corrected chi connectivity index (χ1v) is 12.3. The summed E-state index contributed by atoms with van der Waals surface area (Å²) in [6, 6.07) is 14.1. The average Bonchev–Trinajstić information content (AvgIpc) is 3.39. The number of sulfonamides is 1. The third-order valence-electron chi connectivity index (χ3n) is 5.79. The Morgan fingerprint density at radius 1 is 0.969 bits per heavy atom. The molecule has 0 unspecified atom stereocenters. The van der Waals surface area contributed by atoms with Gasteiger partial charge < -0.3 is 9.64 Å². The van der Waals surface area contributed by atoms with Crippen molar-refractivity contribution < 1.29 is 17.9 Å². The van der Waals surface area contributed by atoms with Crippen molar-refractivity contribution in [1.29, 1.82) is 0 Å². The molecule has 2 fully saturated rings. The maximum atomic E-state index is 12.8. The molecule has 1 N–H and O–H groups in total. The molecule has 8 nitrogen and oxygen atoms in total.